The van der Waals surface area contributed by atoms with E-state index < -0.39 is 0 Å². The average molecular weight is 373 g/mol. The topological polar surface area (TPSA) is 41.4 Å². The predicted molar refractivity (Wildman–Crippen MR) is 117 cm³/mol. The zero-order chi connectivity index (χ0) is 19.7. The molecule has 0 spiro atoms. The second-order valence-corrected chi connectivity index (χ2v) is 7.64. The first-order chi connectivity index (χ1) is 13.6. The average Bonchev–Trinajstić information content (AvgIpc) is 3.29. The number of nitrogens with zero attached hydrogens (tertiary/aromatic N) is 4. The van der Waals surface area contributed by atoms with E-state index in [9.17, 15) is 0 Å². The number of rotatable bonds is 5. The number of benzene rings is 1. The maximum atomic E-state index is 4.99. The maximum Gasteiger partial charge on any atom is 0.152 e. The Kier molecular flexibility index (Phi) is 5.12. The first-order valence-electron chi connectivity index (χ1n) is 10.2. The van der Waals surface area contributed by atoms with Gasteiger partial charge in [-0.1, -0.05) is 31.2 Å². The molecule has 28 heavy (non-hydrogen) atoms. The van der Waals surface area contributed by atoms with E-state index in [1.54, 1.807) is 0 Å². The minimum Gasteiger partial charge on any atom is -0.345 e. The number of allylic oxidation sites excluding steroid dienone is 3. The molecule has 0 saturated heterocycles. The van der Waals surface area contributed by atoms with Crippen molar-refractivity contribution in [1.29, 1.82) is 0 Å². The Bertz CT molecular complexity index is 985. The number of hydrogen-bond acceptors (Lipinski definition) is 4. The second kappa shape index (κ2) is 7.70. The summed E-state index contributed by atoms with van der Waals surface area (Å²) >= 11 is 0. The Morgan fingerprint density at radius 1 is 1.21 bits per heavy atom. The summed E-state index contributed by atoms with van der Waals surface area (Å²) in [5.41, 5.74) is 7.93. The zero-order valence-electron chi connectivity index (χ0n) is 17.2. The second-order valence-electron chi connectivity index (χ2n) is 7.64. The van der Waals surface area contributed by atoms with Crippen LogP contribution in [0.25, 0.3) is 6.08 Å². The summed E-state index contributed by atoms with van der Waals surface area (Å²) in [7, 11) is 0. The summed E-state index contributed by atoms with van der Waals surface area (Å²) < 4.78 is 0. The Balaban J connectivity index is 1.73. The number of fused-ring (bicyclic) bond motifs is 2. The number of aryl methyl sites for hydroxylation is 2. The summed E-state index contributed by atoms with van der Waals surface area (Å²) in [4.78, 5) is 16.7. The molecule has 144 valence electrons. The highest BCUT2D eigenvalue weighted by Gasteiger charge is 2.33. The molecular formula is C24H28N4. The monoisotopic (exact) mass is 372 g/mol. The molecule has 1 aliphatic carbocycles. The minimum atomic E-state index is 0.369. The van der Waals surface area contributed by atoms with Gasteiger partial charge in [0.2, 0.25) is 0 Å². The van der Waals surface area contributed by atoms with E-state index in [4.69, 9.17) is 9.97 Å². The van der Waals surface area contributed by atoms with E-state index in [1.165, 1.54) is 27.8 Å². The Hall–Kier alpha value is -2.75. The molecule has 0 bridgehead atoms. The van der Waals surface area contributed by atoms with Crippen molar-refractivity contribution in [2.24, 2.45) is 4.99 Å². The third-order valence-corrected chi connectivity index (χ3v) is 5.77. The first kappa shape index (κ1) is 18.6. The third-order valence-electron chi connectivity index (χ3n) is 5.77. The van der Waals surface area contributed by atoms with Gasteiger partial charge in [-0.2, -0.15) is 0 Å². The Morgan fingerprint density at radius 2 is 2.04 bits per heavy atom. The molecule has 4 nitrogen and oxygen atoms in total. The van der Waals surface area contributed by atoms with E-state index in [2.05, 4.69) is 54.9 Å². The third kappa shape index (κ3) is 3.28. The van der Waals surface area contributed by atoms with Crippen LogP contribution in [-0.4, -0.2) is 16.2 Å². The van der Waals surface area contributed by atoms with Crippen molar-refractivity contribution >= 4 is 18.1 Å². The summed E-state index contributed by atoms with van der Waals surface area (Å²) in [6.45, 7) is 10.1. The number of hydrogen-bond donors (Lipinski definition) is 0. The van der Waals surface area contributed by atoms with Crippen molar-refractivity contribution in [2.75, 3.05) is 4.90 Å². The zero-order valence-corrected chi connectivity index (χ0v) is 17.2. The minimum absolute atomic E-state index is 0.369. The van der Waals surface area contributed by atoms with Crippen molar-refractivity contribution in [1.82, 2.24) is 9.97 Å². The molecule has 0 amide bonds. The van der Waals surface area contributed by atoms with Gasteiger partial charge in [-0.15, -0.1) is 0 Å². The molecule has 1 aliphatic heterocycles. The van der Waals surface area contributed by atoms with Gasteiger partial charge in [-0.3, -0.25) is 4.99 Å². The fraction of sp³-hybridized carbons (Fsp3) is 0.375. The molecule has 4 rings (SSSR count). The number of aromatic nitrogens is 2. The summed E-state index contributed by atoms with van der Waals surface area (Å²) in [5, 5.41) is 0. The van der Waals surface area contributed by atoms with Gasteiger partial charge in [0.15, 0.2) is 5.82 Å². The molecule has 1 unspecified atom stereocenters. The van der Waals surface area contributed by atoms with Gasteiger partial charge in [0.1, 0.15) is 5.82 Å². The smallest absolute Gasteiger partial charge is 0.152 e. The highest BCUT2D eigenvalue weighted by molar-refractivity contribution is 5.71. The van der Waals surface area contributed by atoms with E-state index in [-0.39, 0.29) is 0 Å². The van der Waals surface area contributed by atoms with Crippen molar-refractivity contribution in [2.45, 2.75) is 59.7 Å². The van der Waals surface area contributed by atoms with Crippen molar-refractivity contribution in [3.63, 3.8) is 0 Å². The summed E-state index contributed by atoms with van der Waals surface area (Å²) in [6, 6.07) is 5.10. The van der Waals surface area contributed by atoms with Crippen LogP contribution in [0.5, 0.6) is 0 Å². The van der Waals surface area contributed by atoms with Crippen LogP contribution in [-0.2, 0) is 19.5 Å². The molecule has 1 aromatic carbocycles. The number of anilines is 1. The first-order valence-corrected chi connectivity index (χ1v) is 10.2. The highest BCUT2D eigenvalue weighted by Crippen LogP contribution is 2.42. The van der Waals surface area contributed by atoms with Gasteiger partial charge in [-0.05, 0) is 68.0 Å². The van der Waals surface area contributed by atoms with Crippen LogP contribution in [0.15, 0.2) is 35.4 Å². The molecule has 1 aromatic heterocycles. The van der Waals surface area contributed by atoms with Gasteiger partial charge in [0.05, 0.1) is 18.3 Å². The molecule has 1 atom stereocenters. The van der Waals surface area contributed by atoms with Crippen LogP contribution in [0.3, 0.4) is 0 Å². The van der Waals surface area contributed by atoms with E-state index in [0.29, 0.717) is 12.6 Å². The largest absolute Gasteiger partial charge is 0.345 e. The molecule has 2 aromatic rings. The molecule has 0 radical (unpaired) electrons. The molecule has 2 aliphatic rings. The van der Waals surface area contributed by atoms with Crippen LogP contribution in [0.4, 0.5) is 5.82 Å². The van der Waals surface area contributed by atoms with Crippen LogP contribution in [0.1, 0.15) is 65.6 Å². The fourth-order valence-electron chi connectivity index (χ4n) is 4.22. The lowest BCUT2D eigenvalue weighted by atomic mass is 9.97. The van der Waals surface area contributed by atoms with Gasteiger partial charge in [0, 0.05) is 18.3 Å². The Labute approximate surface area is 167 Å². The van der Waals surface area contributed by atoms with Gasteiger partial charge in [-0.25, -0.2) is 9.97 Å². The van der Waals surface area contributed by atoms with Crippen LogP contribution < -0.4 is 4.90 Å². The predicted octanol–water partition coefficient (Wildman–Crippen LogP) is 5.28. The quantitative estimate of drug-likeness (QED) is 0.671. The lowest BCUT2D eigenvalue weighted by molar-refractivity contribution is 0.634. The van der Waals surface area contributed by atoms with Gasteiger partial charge >= 0.3 is 0 Å². The highest BCUT2D eigenvalue weighted by atomic mass is 15.2. The van der Waals surface area contributed by atoms with E-state index >= 15 is 0 Å². The van der Waals surface area contributed by atoms with E-state index in [1.807, 2.05) is 25.3 Å². The SMILES string of the molecule is C/C=C\C=NCc1nc2c(c(N3Cc4cc(C)c(C)cc4C3CC)n1)CC=C2. The van der Waals surface area contributed by atoms with Crippen molar-refractivity contribution < 1.29 is 0 Å². The van der Waals surface area contributed by atoms with Crippen molar-refractivity contribution in [3.05, 3.63) is 69.7 Å². The normalized spacial score (nSPS) is 17.9. The Morgan fingerprint density at radius 3 is 2.82 bits per heavy atom. The molecular weight excluding hydrogens is 344 g/mol. The number of aliphatic imine (C=N–C) groups is 1. The lowest BCUT2D eigenvalue weighted by Crippen LogP contribution is -2.24. The molecule has 0 saturated carbocycles. The van der Waals surface area contributed by atoms with E-state index in [0.717, 1.165) is 36.7 Å². The standard InChI is InChI=1S/C24H28N4/c1-5-7-11-25-14-23-26-21-10-8-9-19(21)24(27-23)28-15-18-12-16(3)17(4)13-20(18)22(28)6-2/h5,7-8,10-13,22H,6,9,14-15H2,1-4H3/b7-5-,25-11?. The van der Waals surface area contributed by atoms with Crippen LogP contribution in [0, 0.1) is 13.8 Å². The molecule has 0 N–H and O–H groups in total. The van der Waals surface area contributed by atoms with Gasteiger partial charge < -0.3 is 4.90 Å². The summed E-state index contributed by atoms with van der Waals surface area (Å²) in [5.74, 6) is 1.88. The fourth-order valence-corrected chi connectivity index (χ4v) is 4.22. The molecule has 0 fully saturated rings. The van der Waals surface area contributed by atoms with Crippen molar-refractivity contribution in [3.8, 4) is 0 Å². The summed E-state index contributed by atoms with van der Waals surface area (Å²) in [6.07, 6.45) is 12.0. The van der Waals surface area contributed by atoms with Gasteiger partial charge in [0.25, 0.3) is 0 Å². The van der Waals surface area contributed by atoms with Crippen LogP contribution in [0.2, 0.25) is 0 Å². The lowest BCUT2D eigenvalue weighted by Gasteiger charge is -2.27. The molecule has 2 heterocycles. The molecule has 4 heteroatoms. The maximum absolute atomic E-state index is 4.99. The van der Waals surface area contributed by atoms with Crippen LogP contribution >= 0.6 is 0 Å².